The number of ketones is 1. The van der Waals surface area contributed by atoms with Crippen molar-refractivity contribution in [3.8, 4) is 0 Å². The number of hydrogen-bond donors (Lipinski definition) is 0. The summed E-state index contributed by atoms with van der Waals surface area (Å²) in [7, 11) is 0. The van der Waals surface area contributed by atoms with Crippen LogP contribution in [-0.4, -0.2) is 18.0 Å². The third kappa shape index (κ3) is 1.15. The van der Waals surface area contributed by atoms with E-state index in [1.807, 2.05) is 13.0 Å². The summed E-state index contributed by atoms with van der Waals surface area (Å²) in [6.07, 6.45) is 3.73. The molecule has 0 aromatic rings. The summed E-state index contributed by atoms with van der Waals surface area (Å²) in [6.45, 7) is 1.91. The summed E-state index contributed by atoms with van der Waals surface area (Å²) >= 11 is 3.42. The van der Waals surface area contributed by atoms with Crippen LogP contribution in [0.4, 0.5) is 0 Å². The van der Waals surface area contributed by atoms with Crippen LogP contribution in [0, 0.1) is 5.92 Å². The van der Waals surface area contributed by atoms with Gasteiger partial charge in [0.25, 0.3) is 0 Å². The van der Waals surface area contributed by atoms with Gasteiger partial charge in [-0.25, -0.2) is 0 Å². The minimum Gasteiger partial charge on any atom is -0.365 e. The molecule has 0 amide bonds. The predicted molar refractivity (Wildman–Crippen MR) is 49.1 cm³/mol. The first-order valence-corrected chi connectivity index (χ1v) is 5.07. The average molecular weight is 231 g/mol. The zero-order valence-corrected chi connectivity index (χ0v) is 8.50. The maximum atomic E-state index is 11.4. The van der Waals surface area contributed by atoms with Crippen LogP contribution in [0.1, 0.15) is 19.8 Å². The Morgan fingerprint density at radius 2 is 2.58 bits per heavy atom. The lowest BCUT2D eigenvalue weighted by molar-refractivity contribution is -0.123. The minimum atomic E-state index is 0.0526. The van der Waals surface area contributed by atoms with Gasteiger partial charge in [0.1, 0.15) is 5.78 Å². The van der Waals surface area contributed by atoms with E-state index in [4.69, 9.17) is 4.74 Å². The van der Waals surface area contributed by atoms with Crippen molar-refractivity contribution in [1.82, 2.24) is 0 Å². The Labute approximate surface area is 80.1 Å². The molecule has 2 bridgehead atoms. The average Bonchev–Trinajstić information content (AvgIpc) is 2.60. The highest BCUT2D eigenvalue weighted by molar-refractivity contribution is 9.11. The summed E-state index contributed by atoms with van der Waals surface area (Å²) < 4.78 is 6.68. The maximum Gasteiger partial charge on any atom is 0.138 e. The van der Waals surface area contributed by atoms with E-state index in [9.17, 15) is 4.79 Å². The van der Waals surface area contributed by atoms with Gasteiger partial charge in [0, 0.05) is 10.9 Å². The van der Waals surface area contributed by atoms with Crippen molar-refractivity contribution in [2.75, 3.05) is 0 Å². The normalized spacial score (nSPS) is 38.5. The molecular formula is C9H11BrO2. The van der Waals surface area contributed by atoms with Gasteiger partial charge in [-0.2, -0.15) is 0 Å². The molecule has 2 nitrogen and oxygen atoms in total. The summed E-state index contributed by atoms with van der Waals surface area (Å²) in [6, 6.07) is 0. The van der Waals surface area contributed by atoms with Gasteiger partial charge >= 0.3 is 0 Å². The fourth-order valence-electron chi connectivity index (χ4n) is 1.88. The molecule has 0 radical (unpaired) electrons. The highest BCUT2D eigenvalue weighted by Crippen LogP contribution is 2.41. The molecule has 0 aromatic heterocycles. The Kier molecular flexibility index (Phi) is 2.09. The lowest BCUT2D eigenvalue weighted by atomic mass is 9.89. The van der Waals surface area contributed by atoms with Gasteiger partial charge in [-0.05, 0) is 12.5 Å². The van der Waals surface area contributed by atoms with Crippen LogP contribution < -0.4 is 0 Å². The van der Waals surface area contributed by atoms with E-state index in [1.165, 1.54) is 0 Å². The Balaban J connectivity index is 2.12. The third-order valence-electron chi connectivity index (χ3n) is 2.58. The topological polar surface area (TPSA) is 26.3 Å². The van der Waals surface area contributed by atoms with Crippen LogP contribution in [0.15, 0.2) is 10.6 Å². The standard InChI is InChI=1S/C9H11BrO2/c1-2-7(11)5-3-9-6(10)4-8(5)12-9/h4-5,8-9H,2-3H2,1H3. The zero-order chi connectivity index (χ0) is 8.72. The Morgan fingerprint density at radius 1 is 1.83 bits per heavy atom. The van der Waals surface area contributed by atoms with E-state index < -0.39 is 0 Å². The summed E-state index contributed by atoms with van der Waals surface area (Å²) in [4.78, 5) is 11.4. The second-order valence-corrected chi connectivity index (χ2v) is 4.22. The zero-order valence-electron chi connectivity index (χ0n) is 6.92. The molecule has 12 heavy (non-hydrogen) atoms. The van der Waals surface area contributed by atoms with Crippen molar-refractivity contribution in [2.45, 2.75) is 32.0 Å². The molecule has 3 heteroatoms. The number of carbonyl (C=O) groups is 1. The third-order valence-corrected chi connectivity index (χ3v) is 3.35. The Hall–Kier alpha value is -0.150. The van der Waals surface area contributed by atoms with E-state index in [2.05, 4.69) is 15.9 Å². The monoisotopic (exact) mass is 230 g/mol. The molecule has 1 saturated heterocycles. The van der Waals surface area contributed by atoms with Crippen LogP contribution in [-0.2, 0) is 9.53 Å². The number of hydrogen-bond acceptors (Lipinski definition) is 2. The van der Waals surface area contributed by atoms with E-state index in [1.54, 1.807) is 0 Å². The van der Waals surface area contributed by atoms with E-state index in [-0.39, 0.29) is 18.1 Å². The molecule has 2 heterocycles. The van der Waals surface area contributed by atoms with Crippen LogP contribution in [0.25, 0.3) is 0 Å². The van der Waals surface area contributed by atoms with Crippen LogP contribution in [0.3, 0.4) is 0 Å². The summed E-state index contributed by atoms with van der Waals surface area (Å²) in [5.74, 6) is 0.458. The van der Waals surface area contributed by atoms with Gasteiger partial charge in [0.05, 0.1) is 18.1 Å². The quantitative estimate of drug-likeness (QED) is 0.726. The Bertz CT molecular complexity index is 247. The fraction of sp³-hybridized carbons (Fsp3) is 0.667. The number of fused-ring (bicyclic) bond motifs is 2. The number of Topliss-reactive ketones (excluding diaryl/α,β-unsaturated/α-hetero) is 1. The number of halogens is 1. The molecule has 2 aliphatic heterocycles. The molecule has 3 atom stereocenters. The smallest absolute Gasteiger partial charge is 0.138 e. The molecule has 1 fully saturated rings. The number of carbonyl (C=O) groups excluding carboxylic acids is 1. The van der Waals surface area contributed by atoms with Gasteiger partial charge < -0.3 is 4.74 Å². The van der Waals surface area contributed by atoms with Crippen molar-refractivity contribution in [1.29, 1.82) is 0 Å². The number of rotatable bonds is 2. The molecule has 0 spiro atoms. The lowest BCUT2D eigenvalue weighted by Gasteiger charge is -2.13. The maximum absolute atomic E-state index is 11.4. The molecule has 2 rings (SSSR count). The van der Waals surface area contributed by atoms with Crippen LogP contribution in [0.2, 0.25) is 0 Å². The van der Waals surface area contributed by atoms with Crippen LogP contribution in [0.5, 0.6) is 0 Å². The molecule has 0 aliphatic carbocycles. The van der Waals surface area contributed by atoms with Crippen molar-refractivity contribution >= 4 is 21.7 Å². The largest absolute Gasteiger partial charge is 0.365 e. The molecule has 3 unspecified atom stereocenters. The first-order chi connectivity index (χ1) is 5.72. The van der Waals surface area contributed by atoms with Crippen LogP contribution >= 0.6 is 15.9 Å². The highest BCUT2D eigenvalue weighted by Gasteiger charge is 2.43. The van der Waals surface area contributed by atoms with Crippen molar-refractivity contribution in [3.63, 3.8) is 0 Å². The van der Waals surface area contributed by atoms with E-state index in [0.717, 1.165) is 10.9 Å². The van der Waals surface area contributed by atoms with Crippen molar-refractivity contribution < 1.29 is 9.53 Å². The second kappa shape index (κ2) is 2.96. The first-order valence-electron chi connectivity index (χ1n) is 4.27. The number of ether oxygens (including phenoxy) is 1. The summed E-state index contributed by atoms with van der Waals surface area (Å²) in [5.41, 5.74) is 0. The van der Waals surface area contributed by atoms with Gasteiger partial charge in [-0.1, -0.05) is 22.9 Å². The lowest BCUT2D eigenvalue weighted by Crippen LogP contribution is -2.22. The van der Waals surface area contributed by atoms with Gasteiger partial charge in [-0.3, -0.25) is 4.79 Å². The second-order valence-electron chi connectivity index (χ2n) is 3.30. The predicted octanol–water partition coefficient (Wildman–Crippen LogP) is 2.03. The molecule has 0 N–H and O–H groups in total. The fourth-order valence-corrected chi connectivity index (χ4v) is 2.43. The molecule has 0 saturated carbocycles. The SMILES string of the molecule is CCC(=O)C1CC2OC1C=C2Br. The molecule has 66 valence electrons. The molecule has 0 aromatic carbocycles. The van der Waals surface area contributed by atoms with Crippen molar-refractivity contribution in [2.24, 2.45) is 5.92 Å². The summed E-state index contributed by atoms with van der Waals surface area (Å²) in [5, 5.41) is 0. The Morgan fingerprint density at radius 3 is 3.00 bits per heavy atom. The molecule has 2 aliphatic rings. The van der Waals surface area contributed by atoms with E-state index in [0.29, 0.717) is 12.2 Å². The van der Waals surface area contributed by atoms with Gasteiger partial charge in [-0.15, -0.1) is 0 Å². The van der Waals surface area contributed by atoms with Gasteiger partial charge in [0.2, 0.25) is 0 Å². The van der Waals surface area contributed by atoms with E-state index >= 15 is 0 Å². The molecular weight excluding hydrogens is 220 g/mol. The minimum absolute atomic E-state index is 0.0526. The van der Waals surface area contributed by atoms with Crippen molar-refractivity contribution in [3.05, 3.63) is 10.6 Å². The first kappa shape index (κ1) is 8.45. The highest BCUT2D eigenvalue weighted by atomic mass is 79.9. The van der Waals surface area contributed by atoms with Gasteiger partial charge in [0.15, 0.2) is 0 Å².